The summed E-state index contributed by atoms with van der Waals surface area (Å²) in [5, 5.41) is 15.4. The van der Waals surface area contributed by atoms with Gasteiger partial charge in [-0.15, -0.1) is 0 Å². The van der Waals surface area contributed by atoms with Crippen molar-refractivity contribution in [3.63, 3.8) is 0 Å². The molecular formula is C21H11Cl2N3O6. The van der Waals surface area contributed by atoms with Gasteiger partial charge in [-0.3, -0.25) is 24.6 Å². The summed E-state index contributed by atoms with van der Waals surface area (Å²) in [5.74, 6) is -0.210. The van der Waals surface area contributed by atoms with Crippen LogP contribution >= 0.6 is 23.2 Å². The second-order valence-electron chi connectivity index (χ2n) is 7.16. The van der Waals surface area contributed by atoms with Crippen LogP contribution in [0.4, 0.5) is 11.5 Å². The van der Waals surface area contributed by atoms with Crippen LogP contribution in [0.25, 0.3) is 11.0 Å². The number of hydrogen-bond donors (Lipinski definition) is 0. The number of non-ortho nitro benzene ring substituents is 1. The highest BCUT2D eigenvalue weighted by Crippen LogP contribution is 2.42. The summed E-state index contributed by atoms with van der Waals surface area (Å²) in [6, 6.07) is 8.93. The summed E-state index contributed by atoms with van der Waals surface area (Å²) in [7, 11) is 0. The zero-order valence-electron chi connectivity index (χ0n) is 16.2. The fourth-order valence-corrected chi connectivity index (χ4v) is 4.33. The predicted octanol–water partition coefficient (Wildman–Crippen LogP) is 5.05. The summed E-state index contributed by atoms with van der Waals surface area (Å²) in [5.41, 5.74) is -0.0939. The zero-order chi connectivity index (χ0) is 22.7. The largest absolute Gasteiger partial charge is 0.449 e. The number of carbonyl (C=O) groups is 1. The number of halogens is 2. The third kappa shape index (κ3) is 2.97. The van der Waals surface area contributed by atoms with Crippen molar-refractivity contribution in [2.75, 3.05) is 4.90 Å². The molecule has 0 saturated heterocycles. The van der Waals surface area contributed by atoms with E-state index in [2.05, 4.69) is 5.16 Å². The molecule has 2 aromatic heterocycles. The molecule has 11 heteroatoms. The fraction of sp³-hybridized carbons (Fsp3) is 0.0952. The molecule has 0 bridgehead atoms. The molecule has 0 N–H and O–H groups in total. The van der Waals surface area contributed by atoms with Crippen LogP contribution in [0.3, 0.4) is 0 Å². The first-order valence-corrected chi connectivity index (χ1v) is 9.99. The Kier molecular flexibility index (Phi) is 4.54. The van der Waals surface area contributed by atoms with Crippen LogP contribution in [0, 0.1) is 17.0 Å². The highest BCUT2D eigenvalue weighted by molar-refractivity contribution is 6.38. The molecule has 1 aliphatic heterocycles. The minimum Gasteiger partial charge on any atom is -0.449 e. The number of nitro groups is 1. The van der Waals surface area contributed by atoms with Crippen molar-refractivity contribution >= 4 is 51.6 Å². The first-order valence-electron chi connectivity index (χ1n) is 9.23. The van der Waals surface area contributed by atoms with E-state index in [0.29, 0.717) is 11.3 Å². The first kappa shape index (κ1) is 20.2. The molecule has 3 heterocycles. The summed E-state index contributed by atoms with van der Waals surface area (Å²) in [4.78, 5) is 38.7. The van der Waals surface area contributed by atoms with Gasteiger partial charge in [-0.1, -0.05) is 28.4 Å². The van der Waals surface area contributed by atoms with Crippen molar-refractivity contribution in [1.82, 2.24) is 5.16 Å². The Hall–Kier alpha value is -3.69. The number of fused-ring (bicyclic) bond motifs is 2. The standard InChI is InChI=1S/C21H11Cl2N3O6/c1-9-6-15(24-32-9)25-17(10-2-4-12(5-3-10)26(29)30)16-18(27)13-7-11(22)8-14(23)19(13)31-20(16)21(25)28/h2-8,17H,1H3/t17-/m1/s1. The van der Waals surface area contributed by atoms with E-state index in [-0.39, 0.29) is 43.8 Å². The molecule has 1 amide bonds. The number of carbonyl (C=O) groups excluding carboxylic acids is 1. The molecule has 0 radical (unpaired) electrons. The van der Waals surface area contributed by atoms with Crippen LogP contribution in [0.5, 0.6) is 0 Å². The van der Waals surface area contributed by atoms with Crippen molar-refractivity contribution in [3.05, 3.63) is 95.5 Å². The van der Waals surface area contributed by atoms with Gasteiger partial charge in [0.05, 0.1) is 26.9 Å². The molecule has 1 atom stereocenters. The monoisotopic (exact) mass is 471 g/mol. The lowest BCUT2D eigenvalue weighted by Crippen LogP contribution is -2.29. The summed E-state index contributed by atoms with van der Waals surface area (Å²) in [6.45, 7) is 1.66. The fourth-order valence-electron chi connectivity index (χ4n) is 3.80. The van der Waals surface area contributed by atoms with Gasteiger partial charge in [0, 0.05) is 23.2 Å². The average Bonchev–Trinajstić information content (AvgIpc) is 3.30. The summed E-state index contributed by atoms with van der Waals surface area (Å²) >= 11 is 12.3. The molecule has 4 aromatic rings. The van der Waals surface area contributed by atoms with Gasteiger partial charge in [0.15, 0.2) is 16.8 Å². The number of nitro benzene ring substituents is 1. The van der Waals surface area contributed by atoms with Crippen molar-refractivity contribution in [2.24, 2.45) is 0 Å². The van der Waals surface area contributed by atoms with Gasteiger partial charge >= 0.3 is 0 Å². The molecule has 160 valence electrons. The van der Waals surface area contributed by atoms with Gasteiger partial charge in [0.25, 0.3) is 11.6 Å². The van der Waals surface area contributed by atoms with Gasteiger partial charge in [0.2, 0.25) is 5.76 Å². The van der Waals surface area contributed by atoms with Gasteiger partial charge in [-0.05, 0) is 36.8 Å². The topological polar surface area (TPSA) is 120 Å². The number of benzene rings is 2. The molecule has 0 spiro atoms. The normalized spacial score (nSPS) is 15.4. The number of nitrogens with zero attached hydrogens (tertiary/aromatic N) is 3. The number of anilines is 1. The van der Waals surface area contributed by atoms with Gasteiger partial charge in [-0.2, -0.15) is 0 Å². The van der Waals surface area contributed by atoms with Crippen molar-refractivity contribution in [1.29, 1.82) is 0 Å². The molecule has 0 fully saturated rings. The van der Waals surface area contributed by atoms with Crippen LogP contribution in [-0.4, -0.2) is 16.0 Å². The second-order valence-corrected chi connectivity index (χ2v) is 8.00. The number of aryl methyl sites for hydroxylation is 1. The van der Waals surface area contributed by atoms with Crippen LogP contribution in [0.1, 0.15) is 33.5 Å². The van der Waals surface area contributed by atoms with E-state index in [1.807, 2.05) is 0 Å². The van der Waals surface area contributed by atoms with Gasteiger partial charge in [-0.25, -0.2) is 0 Å². The number of aromatic nitrogens is 1. The third-order valence-corrected chi connectivity index (χ3v) is 5.67. The molecule has 5 rings (SSSR count). The SMILES string of the molecule is Cc1cc(N2C(=O)c3oc4c(Cl)cc(Cl)cc4c(=O)c3[C@H]2c2ccc([N+](=O)[O-])cc2)no1. The highest BCUT2D eigenvalue weighted by Gasteiger charge is 2.45. The lowest BCUT2D eigenvalue weighted by molar-refractivity contribution is -0.384. The lowest BCUT2D eigenvalue weighted by Gasteiger charge is -2.22. The maximum Gasteiger partial charge on any atom is 0.296 e. The van der Waals surface area contributed by atoms with Crippen molar-refractivity contribution < 1.29 is 18.7 Å². The Bertz CT molecular complexity index is 1490. The Morgan fingerprint density at radius 3 is 2.47 bits per heavy atom. The molecule has 1 aliphatic rings. The van der Waals surface area contributed by atoms with Crippen molar-refractivity contribution in [3.8, 4) is 0 Å². The van der Waals surface area contributed by atoms with Crippen molar-refractivity contribution in [2.45, 2.75) is 13.0 Å². The van der Waals surface area contributed by atoms with Crippen LogP contribution in [0.15, 0.2) is 56.2 Å². The third-order valence-electron chi connectivity index (χ3n) is 5.17. The Labute approximate surface area is 188 Å². The quantitative estimate of drug-likeness (QED) is 0.302. The highest BCUT2D eigenvalue weighted by atomic mass is 35.5. The smallest absolute Gasteiger partial charge is 0.296 e. The lowest BCUT2D eigenvalue weighted by atomic mass is 9.98. The minimum atomic E-state index is -0.957. The van der Waals surface area contributed by atoms with Crippen LogP contribution in [-0.2, 0) is 0 Å². The number of hydrogen-bond acceptors (Lipinski definition) is 7. The number of amides is 1. The Balaban J connectivity index is 1.81. The predicted molar refractivity (Wildman–Crippen MR) is 115 cm³/mol. The van der Waals surface area contributed by atoms with E-state index in [1.165, 1.54) is 47.4 Å². The first-order chi connectivity index (χ1) is 15.3. The molecule has 0 unspecified atom stereocenters. The average molecular weight is 472 g/mol. The number of rotatable bonds is 3. The Morgan fingerprint density at radius 1 is 1.12 bits per heavy atom. The molecule has 0 saturated carbocycles. The minimum absolute atomic E-state index is 0.0359. The van der Waals surface area contributed by atoms with Gasteiger partial charge in [0.1, 0.15) is 5.76 Å². The van der Waals surface area contributed by atoms with E-state index >= 15 is 0 Å². The summed E-state index contributed by atoms with van der Waals surface area (Å²) < 4.78 is 10.9. The van der Waals surface area contributed by atoms with E-state index in [1.54, 1.807) is 6.92 Å². The molecule has 32 heavy (non-hydrogen) atoms. The summed E-state index contributed by atoms with van der Waals surface area (Å²) in [6.07, 6.45) is 0. The Morgan fingerprint density at radius 2 is 1.84 bits per heavy atom. The van der Waals surface area contributed by atoms with E-state index in [9.17, 15) is 19.7 Å². The van der Waals surface area contributed by atoms with Crippen LogP contribution < -0.4 is 10.3 Å². The molecule has 9 nitrogen and oxygen atoms in total. The second kappa shape index (κ2) is 7.18. The van der Waals surface area contributed by atoms with E-state index in [4.69, 9.17) is 32.1 Å². The molecule has 0 aliphatic carbocycles. The molecular weight excluding hydrogens is 461 g/mol. The van der Waals surface area contributed by atoms with E-state index in [0.717, 1.165) is 0 Å². The molecule has 2 aromatic carbocycles. The maximum absolute atomic E-state index is 13.5. The van der Waals surface area contributed by atoms with Crippen LogP contribution in [0.2, 0.25) is 10.0 Å². The maximum atomic E-state index is 13.5. The van der Waals surface area contributed by atoms with E-state index < -0.39 is 22.3 Å². The zero-order valence-corrected chi connectivity index (χ0v) is 17.7. The van der Waals surface area contributed by atoms with Gasteiger partial charge < -0.3 is 8.94 Å².